The number of aromatic nitrogens is 3. The van der Waals surface area contributed by atoms with Crippen molar-refractivity contribution >= 4 is 28.5 Å². The van der Waals surface area contributed by atoms with E-state index in [4.69, 9.17) is 0 Å². The van der Waals surface area contributed by atoms with E-state index in [0.717, 1.165) is 5.69 Å². The van der Waals surface area contributed by atoms with Crippen LogP contribution >= 0.6 is 0 Å². The Balaban J connectivity index is 2.02. The molecule has 0 aliphatic heterocycles. The van der Waals surface area contributed by atoms with E-state index in [0.29, 0.717) is 33.4 Å². The predicted molar refractivity (Wildman–Crippen MR) is 105 cm³/mol. The summed E-state index contributed by atoms with van der Waals surface area (Å²) < 4.78 is 1.80. The molecule has 0 radical (unpaired) electrons. The molecule has 2 heterocycles. The van der Waals surface area contributed by atoms with Gasteiger partial charge in [0.15, 0.2) is 5.65 Å². The number of nitrogens with zero attached hydrogens (tertiary/aromatic N) is 3. The van der Waals surface area contributed by atoms with Gasteiger partial charge in [-0.15, -0.1) is 0 Å². The Bertz CT molecular complexity index is 1040. The number of carbonyl (C=O) groups is 2. The number of benzene rings is 1. The second-order valence-corrected chi connectivity index (χ2v) is 6.74. The van der Waals surface area contributed by atoms with Crippen LogP contribution < -0.4 is 10.6 Å². The van der Waals surface area contributed by atoms with E-state index in [1.54, 1.807) is 42.2 Å². The Morgan fingerprint density at radius 2 is 1.85 bits per heavy atom. The summed E-state index contributed by atoms with van der Waals surface area (Å²) in [5, 5.41) is 10.6. The first-order chi connectivity index (χ1) is 12.8. The summed E-state index contributed by atoms with van der Waals surface area (Å²) >= 11 is 0. The lowest BCUT2D eigenvalue weighted by Crippen LogP contribution is -2.20. The molecular formula is C20H23N5O2. The van der Waals surface area contributed by atoms with E-state index in [2.05, 4.69) is 20.7 Å². The number of carbonyl (C=O) groups excluding carboxylic acids is 2. The van der Waals surface area contributed by atoms with Crippen LogP contribution in [0.3, 0.4) is 0 Å². The summed E-state index contributed by atoms with van der Waals surface area (Å²) in [7, 11) is 1.58. The molecular weight excluding hydrogens is 342 g/mol. The Hall–Kier alpha value is -3.22. The van der Waals surface area contributed by atoms with Gasteiger partial charge in [0.2, 0.25) is 0 Å². The second kappa shape index (κ2) is 7.19. The van der Waals surface area contributed by atoms with Crippen molar-refractivity contribution in [1.82, 2.24) is 20.1 Å². The molecule has 0 fully saturated rings. The van der Waals surface area contributed by atoms with E-state index in [1.165, 1.54) is 0 Å². The summed E-state index contributed by atoms with van der Waals surface area (Å²) in [4.78, 5) is 29.5. The zero-order chi connectivity index (χ0) is 19.7. The molecule has 0 aliphatic carbocycles. The number of hydrogen-bond donors (Lipinski definition) is 2. The molecule has 140 valence electrons. The summed E-state index contributed by atoms with van der Waals surface area (Å²) in [5.41, 5.74) is 3.77. The zero-order valence-corrected chi connectivity index (χ0v) is 16.1. The van der Waals surface area contributed by atoms with Crippen molar-refractivity contribution in [2.45, 2.75) is 33.7 Å². The molecule has 2 aromatic heterocycles. The van der Waals surface area contributed by atoms with E-state index < -0.39 is 0 Å². The first-order valence-corrected chi connectivity index (χ1v) is 8.81. The lowest BCUT2D eigenvalue weighted by molar-refractivity contribution is 0.0960. The molecule has 3 aromatic rings. The first-order valence-electron chi connectivity index (χ1n) is 8.81. The van der Waals surface area contributed by atoms with Gasteiger partial charge >= 0.3 is 0 Å². The molecule has 0 saturated heterocycles. The van der Waals surface area contributed by atoms with Gasteiger partial charge in [0.05, 0.1) is 17.1 Å². The summed E-state index contributed by atoms with van der Waals surface area (Å²) in [5.74, 6) is -0.449. The number of hydrogen-bond acceptors (Lipinski definition) is 4. The third-order valence-electron chi connectivity index (χ3n) is 4.48. The van der Waals surface area contributed by atoms with Crippen LogP contribution in [0.5, 0.6) is 0 Å². The molecule has 7 heteroatoms. The molecule has 0 unspecified atom stereocenters. The Labute approximate surface area is 157 Å². The summed E-state index contributed by atoms with van der Waals surface area (Å²) in [6.45, 7) is 7.70. The monoisotopic (exact) mass is 365 g/mol. The molecule has 1 aromatic carbocycles. The molecule has 2 N–H and O–H groups in total. The van der Waals surface area contributed by atoms with Crippen molar-refractivity contribution in [2.75, 3.05) is 12.4 Å². The predicted octanol–water partition coefficient (Wildman–Crippen LogP) is 3.24. The van der Waals surface area contributed by atoms with Crippen LogP contribution in [0.1, 0.15) is 51.9 Å². The Kier molecular flexibility index (Phi) is 4.94. The van der Waals surface area contributed by atoms with E-state index in [9.17, 15) is 9.59 Å². The molecule has 3 rings (SSSR count). The third kappa shape index (κ3) is 3.40. The van der Waals surface area contributed by atoms with Gasteiger partial charge in [-0.2, -0.15) is 5.10 Å². The number of fused-ring (bicyclic) bond motifs is 1. The van der Waals surface area contributed by atoms with Gasteiger partial charge in [0.25, 0.3) is 11.8 Å². The fourth-order valence-electron chi connectivity index (χ4n) is 3.05. The quantitative estimate of drug-likeness (QED) is 0.743. The van der Waals surface area contributed by atoms with Crippen molar-refractivity contribution in [3.05, 3.63) is 52.8 Å². The smallest absolute Gasteiger partial charge is 0.256 e. The minimum atomic E-state index is -0.258. The third-order valence-corrected chi connectivity index (χ3v) is 4.48. The van der Waals surface area contributed by atoms with Crippen molar-refractivity contribution in [1.29, 1.82) is 0 Å². The van der Waals surface area contributed by atoms with E-state index in [-0.39, 0.29) is 17.9 Å². The van der Waals surface area contributed by atoms with Crippen LogP contribution in [0, 0.1) is 13.8 Å². The van der Waals surface area contributed by atoms with Gasteiger partial charge in [0, 0.05) is 30.0 Å². The van der Waals surface area contributed by atoms with Crippen molar-refractivity contribution in [2.24, 2.45) is 0 Å². The lowest BCUT2D eigenvalue weighted by Gasteiger charge is -2.13. The Morgan fingerprint density at radius 3 is 2.52 bits per heavy atom. The highest BCUT2D eigenvalue weighted by molar-refractivity contribution is 6.12. The average molecular weight is 365 g/mol. The maximum atomic E-state index is 13.0. The van der Waals surface area contributed by atoms with Crippen LogP contribution in [0.4, 0.5) is 5.69 Å². The van der Waals surface area contributed by atoms with E-state index in [1.807, 2.05) is 27.7 Å². The lowest BCUT2D eigenvalue weighted by atomic mass is 10.1. The number of amides is 2. The van der Waals surface area contributed by atoms with Crippen LogP contribution in [-0.2, 0) is 0 Å². The standard InChI is InChI=1S/C20H23N5O2/c1-11(2)25-18-16(10-22-25)15(9-12(3)23-18)20(27)24-17-8-6-7-14(13(17)4)19(26)21-5/h6-11H,1-5H3,(H,21,26)(H,24,27). The van der Waals surface area contributed by atoms with Gasteiger partial charge in [-0.05, 0) is 51.5 Å². The molecule has 0 bridgehead atoms. The van der Waals surface area contributed by atoms with Gasteiger partial charge in [-0.1, -0.05) is 6.07 Å². The van der Waals surface area contributed by atoms with Crippen molar-refractivity contribution in [3.63, 3.8) is 0 Å². The normalized spacial score (nSPS) is 11.0. The molecule has 0 saturated carbocycles. The average Bonchev–Trinajstić information content (AvgIpc) is 3.05. The van der Waals surface area contributed by atoms with Gasteiger partial charge < -0.3 is 10.6 Å². The summed E-state index contributed by atoms with van der Waals surface area (Å²) in [6, 6.07) is 7.15. The van der Waals surface area contributed by atoms with Crippen LogP contribution in [0.2, 0.25) is 0 Å². The first kappa shape index (κ1) is 18.6. The minimum Gasteiger partial charge on any atom is -0.355 e. The van der Waals surface area contributed by atoms with Crippen molar-refractivity contribution in [3.8, 4) is 0 Å². The maximum absolute atomic E-state index is 13.0. The van der Waals surface area contributed by atoms with Gasteiger partial charge in [-0.25, -0.2) is 9.67 Å². The zero-order valence-electron chi connectivity index (χ0n) is 16.1. The van der Waals surface area contributed by atoms with E-state index >= 15 is 0 Å². The number of anilines is 1. The molecule has 27 heavy (non-hydrogen) atoms. The van der Waals surface area contributed by atoms with Crippen molar-refractivity contribution < 1.29 is 9.59 Å². The van der Waals surface area contributed by atoms with Crippen LogP contribution in [0.25, 0.3) is 11.0 Å². The van der Waals surface area contributed by atoms with Crippen LogP contribution in [-0.4, -0.2) is 33.6 Å². The maximum Gasteiger partial charge on any atom is 0.256 e. The number of pyridine rings is 1. The fourth-order valence-corrected chi connectivity index (χ4v) is 3.05. The molecule has 0 spiro atoms. The highest BCUT2D eigenvalue weighted by atomic mass is 16.2. The largest absolute Gasteiger partial charge is 0.355 e. The number of rotatable bonds is 4. The molecule has 2 amide bonds. The number of nitrogens with one attached hydrogen (secondary N) is 2. The minimum absolute atomic E-state index is 0.138. The molecule has 7 nitrogen and oxygen atoms in total. The van der Waals surface area contributed by atoms with Gasteiger partial charge in [-0.3, -0.25) is 9.59 Å². The topological polar surface area (TPSA) is 88.9 Å². The Morgan fingerprint density at radius 1 is 1.11 bits per heavy atom. The van der Waals surface area contributed by atoms with Crippen LogP contribution in [0.15, 0.2) is 30.5 Å². The SMILES string of the molecule is CNC(=O)c1cccc(NC(=O)c2cc(C)nc3c2cnn3C(C)C)c1C. The number of aryl methyl sites for hydroxylation is 1. The second-order valence-electron chi connectivity index (χ2n) is 6.74. The highest BCUT2D eigenvalue weighted by Crippen LogP contribution is 2.24. The molecule has 0 aliphatic rings. The highest BCUT2D eigenvalue weighted by Gasteiger charge is 2.18. The van der Waals surface area contributed by atoms with Gasteiger partial charge in [0.1, 0.15) is 0 Å². The summed E-state index contributed by atoms with van der Waals surface area (Å²) in [6.07, 6.45) is 1.67. The fraction of sp³-hybridized carbons (Fsp3) is 0.300. The molecule has 0 atom stereocenters.